The van der Waals surface area contributed by atoms with Gasteiger partial charge in [0, 0.05) is 24.7 Å². The second kappa shape index (κ2) is 5.76. The normalized spacial score (nSPS) is 13.2. The number of halogens is 1. The van der Waals surface area contributed by atoms with Crippen molar-refractivity contribution in [1.29, 1.82) is 0 Å². The molecule has 2 N–H and O–H groups in total. The Balaban J connectivity index is 3.28. The zero-order valence-electron chi connectivity index (χ0n) is 11.8. The first-order chi connectivity index (χ1) is 9.52. The summed E-state index contributed by atoms with van der Waals surface area (Å²) in [5.41, 5.74) is 4.92. The molecular formula is C12H16FN3O4S. The van der Waals surface area contributed by atoms with Crippen LogP contribution in [0.25, 0.3) is 0 Å². The monoisotopic (exact) mass is 317 g/mol. The van der Waals surface area contributed by atoms with Gasteiger partial charge in [-0.2, -0.15) is 0 Å². The summed E-state index contributed by atoms with van der Waals surface area (Å²) in [4.78, 5) is 13.6. The predicted molar refractivity (Wildman–Crippen MR) is 77.3 cm³/mol. The summed E-state index contributed by atoms with van der Waals surface area (Å²) in [6, 6.07) is 2.74. The zero-order valence-corrected chi connectivity index (χ0v) is 12.6. The van der Waals surface area contributed by atoms with E-state index in [1.807, 2.05) is 0 Å². The third kappa shape index (κ3) is 3.35. The average molecular weight is 317 g/mol. The number of aliphatic imine (C=N–C) groups is 1. The molecule has 0 radical (unpaired) electrons. The van der Waals surface area contributed by atoms with Crippen LogP contribution in [-0.4, -0.2) is 31.0 Å². The maximum absolute atomic E-state index is 13.7. The number of amidine groups is 1. The van der Waals surface area contributed by atoms with Crippen LogP contribution in [0.1, 0.15) is 19.4 Å². The Morgan fingerprint density at radius 2 is 2.05 bits per heavy atom. The van der Waals surface area contributed by atoms with Crippen LogP contribution in [0.3, 0.4) is 0 Å². The lowest BCUT2D eigenvalue weighted by atomic mass is 10.2. The minimum atomic E-state index is -3.91. The van der Waals surface area contributed by atoms with Gasteiger partial charge in [-0.3, -0.25) is 15.1 Å². The standard InChI is InChI=1S/C12H16FN3O4S/c1-12(2,11(14)15-3)21(19,20)7-8-6-9(16(17)18)4-5-10(8)13/h4-6H,7H2,1-3H3,(H2,14,15). The molecule has 0 unspecified atom stereocenters. The SMILES string of the molecule is CN=C(N)C(C)(C)S(=O)(=O)Cc1cc([N+](=O)[O-])ccc1F. The second-order valence-electron chi connectivity index (χ2n) is 4.91. The molecule has 0 saturated heterocycles. The van der Waals surface area contributed by atoms with Crippen LogP contribution >= 0.6 is 0 Å². The van der Waals surface area contributed by atoms with E-state index in [4.69, 9.17) is 5.73 Å². The van der Waals surface area contributed by atoms with Crippen molar-refractivity contribution in [2.45, 2.75) is 24.3 Å². The van der Waals surface area contributed by atoms with Crippen molar-refractivity contribution in [2.24, 2.45) is 10.7 Å². The van der Waals surface area contributed by atoms with Crippen LogP contribution < -0.4 is 5.73 Å². The minimum absolute atomic E-state index is 0.117. The van der Waals surface area contributed by atoms with Crippen molar-refractivity contribution >= 4 is 21.4 Å². The van der Waals surface area contributed by atoms with Gasteiger partial charge in [-0.15, -0.1) is 0 Å². The number of sulfone groups is 1. The Morgan fingerprint density at radius 1 is 1.48 bits per heavy atom. The fourth-order valence-electron chi connectivity index (χ4n) is 1.60. The van der Waals surface area contributed by atoms with Crippen LogP contribution in [0.2, 0.25) is 0 Å². The van der Waals surface area contributed by atoms with Crippen LogP contribution in [-0.2, 0) is 15.6 Å². The Bertz CT molecular complexity index is 698. The van der Waals surface area contributed by atoms with Crippen LogP contribution in [0.5, 0.6) is 0 Å². The van der Waals surface area contributed by atoms with Crippen LogP contribution in [0.4, 0.5) is 10.1 Å². The van der Waals surface area contributed by atoms with Gasteiger partial charge in [0.1, 0.15) is 16.4 Å². The van der Waals surface area contributed by atoms with E-state index < -0.39 is 31.1 Å². The Labute approximate surface area is 121 Å². The van der Waals surface area contributed by atoms with Gasteiger partial charge in [0.05, 0.1) is 10.7 Å². The van der Waals surface area contributed by atoms with E-state index >= 15 is 0 Å². The van der Waals surface area contributed by atoms with E-state index in [1.165, 1.54) is 20.9 Å². The molecule has 0 fully saturated rings. The zero-order chi connectivity index (χ0) is 16.4. The number of nitro benzene ring substituents is 1. The molecule has 0 aliphatic carbocycles. The molecular weight excluding hydrogens is 301 g/mol. The number of hydrogen-bond donors (Lipinski definition) is 1. The molecule has 0 spiro atoms. The molecule has 0 saturated carbocycles. The van der Waals surface area contributed by atoms with Crippen LogP contribution in [0.15, 0.2) is 23.2 Å². The average Bonchev–Trinajstić information content (AvgIpc) is 2.39. The molecule has 0 amide bonds. The van der Waals surface area contributed by atoms with Gasteiger partial charge in [0.25, 0.3) is 5.69 Å². The lowest BCUT2D eigenvalue weighted by Crippen LogP contribution is -2.46. The van der Waals surface area contributed by atoms with Crippen LogP contribution in [0, 0.1) is 15.9 Å². The smallest absolute Gasteiger partial charge is 0.269 e. The van der Waals surface area contributed by atoms with Gasteiger partial charge < -0.3 is 5.73 Å². The molecule has 1 rings (SSSR count). The highest BCUT2D eigenvalue weighted by atomic mass is 32.2. The van der Waals surface area contributed by atoms with E-state index in [9.17, 15) is 22.9 Å². The summed E-state index contributed by atoms with van der Waals surface area (Å²) < 4.78 is 36.9. The van der Waals surface area contributed by atoms with Crippen molar-refractivity contribution in [3.63, 3.8) is 0 Å². The first-order valence-electron chi connectivity index (χ1n) is 5.90. The summed E-state index contributed by atoms with van der Waals surface area (Å²) in [5.74, 6) is -1.65. The number of non-ortho nitro benzene ring substituents is 1. The molecule has 116 valence electrons. The summed E-state index contributed by atoms with van der Waals surface area (Å²) >= 11 is 0. The van der Waals surface area contributed by atoms with Crippen molar-refractivity contribution in [3.05, 3.63) is 39.7 Å². The highest BCUT2D eigenvalue weighted by molar-refractivity contribution is 7.92. The molecule has 9 heteroatoms. The van der Waals surface area contributed by atoms with Gasteiger partial charge in [-0.05, 0) is 19.9 Å². The lowest BCUT2D eigenvalue weighted by Gasteiger charge is -2.24. The molecule has 0 aliphatic rings. The van der Waals surface area contributed by atoms with Gasteiger partial charge >= 0.3 is 0 Å². The molecule has 0 aliphatic heterocycles. The minimum Gasteiger partial charge on any atom is -0.386 e. The molecule has 7 nitrogen and oxygen atoms in total. The number of nitrogens with zero attached hydrogens (tertiary/aromatic N) is 2. The molecule has 1 aromatic rings. The summed E-state index contributed by atoms with van der Waals surface area (Å²) in [7, 11) is -2.56. The maximum atomic E-state index is 13.7. The first-order valence-corrected chi connectivity index (χ1v) is 7.56. The fraction of sp³-hybridized carbons (Fsp3) is 0.417. The maximum Gasteiger partial charge on any atom is 0.269 e. The van der Waals surface area contributed by atoms with E-state index in [1.54, 1.807) is 0 Å². The number of nitro groups is 1. The second-order valence-corrected chi connectivity index (χ2v) is 7.45. The summed E-state index contributed by atoms with van der Waals surface area (Å²) in [6.45, 7) is 2.69. The first kappa shape index (κ1) is 17.0. The van der Waals surface area contributed by atoms with E-state index in [0.29, 0.717) is 0 Å². The Hall–Kier alpha value is -2.03. The highest BCUT2D eigenvalue weighted by Gasteiger charge is 2.38. The molecule has 1 aromatic carbocycles. The molecule has 0 heterocycles. The number of rotatable bonds is 5. The predicted octanol–water partition coefficient (Wildman–Crippen LogP) is 1.41. The number of nitrogens with two attached hydrogens (primary N) is 1. The summed E-state index contributed by atoms with van der Waals surface area (Å²) in [6.07, 6.45) is 0. The van der Waals surface area contributed by atoms with Crippen molar-refractivity contribution in [2.75, 3.05) is 7.05 Å². The lowest BCUT2D eigenvalue weighted by molar-refractivity contribution is -0.385. The third-order valence-corrected chi connectivity index (χ3v) is 5.68. The third-order valence-electron chi connectivity index (χ3n) is 3.22. The van der Waals surface area contributed by atoms with Crippen molar-refractivity contribution in [3.8, 4) is 0 Å². The van der Waals surface area contributed by atoms with Gasteiger partial charge in [-0.25, -0.2) is 12.8 Å². The number of benzene rings is 1. The number of hydrogen-bond acceptors (Lipinski definition) is 5. The molecule has 0 bridgehead atoms. The quantitative estimate of drug-likeness (QED) is 0.381. The highest BCUT2D eigenvalue weighted by Crippen LogP contribution is 2.25. The van der Waals surface area contributed by atoms with Gasteiger partial charge in [-0.1, -0.05) is 0 Å². The summed E-state index contributed by atoms with van der Waals surface area (Å²) in [5, 5.41) is 10.7. The van der Waals surface area contributed by atoms with Crippen molar-refractivity contribution in [1.82, 2.24) is 0 Å². The van der Waals surface area contributed by atoms with E-state index in [2.05, 4.69) is 4.99 Å². The molecule has 0 aromatic heterocycles. The molecule has 21 heavy (non-hydrogen) atoms. The van der Waals surface area contributed by atoms with Crippen molar-refractivity contribution < 1.29 is 17.7 Å². The fourth-order valence-corrected chi connectivity index (χ4v) is 3.00. The topological polar surface area (TPSA) is 116 Å². The largest absolute Gasteiger partial charge is 0.386 e. The van der Waals surface area contributed by atoms with E-state index in [0.717, 1.165) is 18.2 Å². The Kier molecular flexibility index (Phi) is 4.67. The van der Waals surface area contributed by atoms with Gasteiger partial charge in [0.15, 0.2) is 9.84 Å². The Morgan fingerprint density at radius 3 is 2.52 bits per heavy atom. The molecule has 0 atom stereocenters. The van der Waals surface area contributed by atoms with E-state index in [-0.39, 0.29) is 17.1 Å². The van der Waals surface area contributed by atoms with Gasteiger partial charge in [0.2, 0.25) is 0 Å².